The van der Waals surface area contributed by atoms with Gasteiger partial charge in [-0.05, 0) is 249 Å². The van der Waals surface area contributed by atoms with Gasteiger partial charge >= 0.3 is 68.5 Å². The van der Waals surface area contributed by atoms with Gasteiger partial charge in [-0.15, -0.1) is 0 Å². The molecule has 1 aliphatic carbocycles. The summed E-state index contributed by atoms with van der Waals surface area (Å²) in [4.78, 5) is 0. The van der Waals surface area contributed by atoms with Gasteiger partial charge in [0.25, 0.3) is 0 Å². The van der Waals surface area contributed by atoms with Crippen molar-refractivity contribution in [1.29, 1.82) is 0 Å². The molecule has 20 heteroatoms. The molecule has 10 nitrogen and oxygen atoms in total. The normalized spacial score (nSPS) is 14.6. The van der Waals surface area contributed by atoms with Gasteiger partial charge in [0.1, 0.15) is 0 Å². The Balaban J connectivity index is 1.20. The smallest absolute Gasteiger partial charge is 0.322 e. The Morgan fingerprint density at radius 3 is 0.776 bits per heavy atom. The summed E-state index contributed by atoms with van der Waals surface area (Å²) in [5.41, 5.74) is 14.5. The molecule has 85 heavy (non-hydrogen) atoms. The van der Waals surface area contributed by atoms with Crippen LogP contribution in [0.25, 0.3) is 55.6 Å². The minimum atomic E-state index is -2.71. The highest BCUT2D eigenvalue weighted by molar-refractivity contribution is 6.91. The first-order valence-electron chi connectivity index (χ1n) is 30.6. The summed E-state index contributed by atoms with van der Waals surface area (Å²) < 4.78 is 68.7. The molecular weight excluding hydrogens is 1220 g/mol. The third-order valence-electron chi connectivity index (χ3n) is 14.5. The Hall–Kier alpha value is -2.91. The van der Waals surface area contributed by atoms with Crippen molar-refractivity contribution in [3.05, 3.63) is 157 Å². The van der Waals surface area contributed by atoms with Crippen molar-refractivity contribution in [3.8, 4) is 55.6 Å². The lowest BCUT2D eigenvalue weighted by atomic mass is 9.70. The fourth-order valence-electron chi connectivity index (χ4n) is 13.1. The van der Waals surface area contributed by atoms with E-state index in [1.54, 1.807) is 0 Å². The molecule has 0 aliphatic heterocycles. The molecule has 0 N–H and O–H groups in total. The number of hydrogen-bond acceptors (Lipinski definition) is 10. The van der Waals surface area contributed by atoms with Crippen molar-refractivity contribution in [2.24, 2.45) is 0 Å². The lowest BCUT2D eigenvalue weighted by Crippen LogP contribution is -2.58. The maximum Gasteiger partial charge on any atom is 0.322 e. The molecular formula is C65H102O10Si10. The van der Waals surface area contributed by atoms with Crippen LogP contribution in [0.2, 0.25) is 144 Å². The SMILES string of the molecule is C[Si](C)(C)O[Si](C)(C)O[Si](C)(C)O[Si](C)(C)O[Si](C)(C)OCCCC1(CCCO[Si](C)(C)O[Si](C)(C)O[Si](C)(C)O[Si](C)(C)O[Si](C)(C)C)c2cc(-c3ccc(-c4ccccc4)cc3)ccc2-c2ccc(-c3ccc(-c4ccccc4)cc3)cc21. The van der Waals surface area contributed by atoms with Crippen LogP contribution in [0.5, 0.6) is 0 Å². The second-order valence-electron chi connectivity index (χ2n) is 28.6. The maximum atomic E-state index is 7.03. The molecule has 1 aliphatic rings. The minimum Gasteiger partial charge on any atom is -0.437 e. The average molecular weight is 1320 g/mol. The van der Waals surface area contributed by atoms with Gasteiger partial charge in [-0.1, -0.05) is 133 Å². The molecule has 0 bridgehead atoms. The van der Waals surface area contributed by atoms with Crippen LogP contribution in [0.15, 0.2) is 146 Å². The van der Waals surface area contributed by atoms with Crippen molar-refractivity contribution in [1.82, 2.24) is 0 Å². The molecule has 0 saturated carbocycles. The molecule has 0 fully saturated rings. The van der Waals surface area contributed by atoms with Crippen LogP contribution in [-0.4, -0.2) is 98.3 Å². The van der Waals surface area contributed by atoms with E-state index >= 15 is 0 Å². The Morgan fingerprint density at radius 2 is 0.494 bits per heavy atom. The Labute approximate surface area is 523 Å². The largest absolute Gasteiger partial charge is 0.437 e. The highest BCUT2D eigenvalue weighted by Gasteiger charge is 2.49. The third-order valence-corrected chi connectivity index (χ3v) is 48.7. The summed E-state index contributed by atoms with van der Waals surface area (Å²) in [6.07, 6.45) is 3.35. The fourth-order valence-corrected chi connectivity index (χ4v) is 58.3. The summed E-state index contributed by atoms with van der Waals surface area (Å²) in [5, 5.41) is 0. The minimum absolute atomic E-state index is 0.381. The summed E-state index contributed by atoms with van der Waals surface area (Å²) in [6.45, 7) is 48.6. The first-order valence-corrected chi connectivity index (χ1v) is 60.0. The molecule has 6 aromatic carbocycles. The standard InChI is InChI=1S/C65H102O10Si10/c1-76(2,3)68-80(11,12)72-84(19,20)74-82(15,16)70-78(7,8)66-49-29-47-65(48-30-50-67-79(9,10)71-83(17,18)75-85(21,22)73-81(13,14)69-77(4,5)6)63-51-59(57-39-35-55(36-40-57)53-31-25-23-26-32-53)43-45-61(63)62-46-44-60(52-64(62)65)58-41-37-56(38-42-58)54-33-27-24-28-34-54/h23-28,31-46,51-52H,29-30,47-50H2,1-22H3. The summed E-state index contributed by atoms with van der Waals surface area (Å²) in [7, 11) is -24.6. The van der Waals surface area contributed by atoms with Crippen LogP contribution in [0.1, 0.15) is 36.8 Å². The number of rotatable bonds is 30. The van der Waals surface area contributed by atoms with Gasteiger partial charge in [0.15, 0.2) is 16.6 Å². The van der Waals surface area contributed by atoms with Crippen LogP contribution >= 0.6 is 0 Å². The van der Waals surface area contributed by atoms with Gasteiger partial charge in [-0.2, -0.15) is 0 Å². The predicted molar refractivity (Wildman–Crippen MR) is 380 cm³/mol. The van der Waals surface area contributed by atoms with E-state index in [9.17, 15) is 0 Å². The molecule has 0 heterocycles. The van der Waals surface area contributed by atoms with E-state index < -0.39 is 85.1 Å². The molecule has 0 radical (unpaired) electrons. The molecule has 0 aromatic heterocycles. The van der Waals surface area contributed by atoms with Gasteiger partial charge in [0, 0.05) is 18.6 Å². The average Bonchev–Trinajstić information content (AvgIpc) is 1.63. The number of benzene rings is 6. The molecule has 0 spiro atoms. The highest BCUT2D eigenvalue weighted by atomic mass is 28.5. The second-order valence-corrected chi connectivity index (χ2v) is 66.6. The molecule has 7 rings (SSSR count). The molecule has 462 valence electrons. The van der Waals surface area contributed by atoms with Crippen LogP contribution in [0, 0.1) is 0 Å². The van der Waals surface area contributed by atoms with Gasteiger partial charge in [-0.25, -0.2) is 0 Å². The molecule has 0 amide bonds. The number of hydrogen-bond donors (Lipinski definition) is 0. The molecule has 0 saturated heterocycles. The molecule has 6 aromatic rings. The Bertz CT molecular complexity index is 2950. The van der Waals surface area contributed by atoms with E-state index in [2.05, 4.69) is 290 Å². The monoisotopic (exact) mass is 1320 g/mol. The fraction of sp³-hybridized carbons (Fsp3) is 0.446. The van der Waals surface area contributed by atoms with Crippen molar-refractivity contribution in [2.45, 2.75) is 175 Å². The molecule has 0 atom stereocenters. The van der Waals surface area contributed by atoms with Crippen LogP contribution < -0.4 is 0 Å². The van der Waals surface area contributed by atoms with Crippen LogP contribution in [0.4, 0.5) is 0 Å². The van der Waals surface area contributed by atoms with E-state index in [0.29, 0.717) is 13.2 Å². The van der Waals surface area contributed by atoms with E-state index in [0.717, 1.165) is 25.7 Å². The van der Waals surface area contributed by atoms with Gasteiger partial charge in [-0.3, -0.25) is 0 Å². The van der Waals surface area contributed by atoms with E-state index in [1.165, 1.54) is 66.8 Å². The zero-order valence-corrected chi connectivity index (χ0v) is 65.7. The predicted octanol–water partition coefficient (Wildman–Crippen LogP) is 19.6. The Kier molecular flexibility index (Phi) is 22.0. The van der Waals surface area contributed by atoms with E-state index in [4.69, 9.17) is 41.8 Å². The molecule has 0 unspecified atom stereocenters. The summed E-state index contributed by atoms with van der Waals surface area (Å²) in [6, 6.07) is 53.7. The first kappa shape index (κ1) is 69.6. The van der Waals surface area contributed by atoms with Gasteiger partial charge < -0.3 is 41.8 Å². The zero-order chi connectivity index (χ0) is 62.7. The van der Waals surface area contributed by atoms with Crippen molar-refractivity contribution in [3.63, 3.8) is 0 Å². The van der Waals surface area contributed by atoms with Crippen LogP contribution in [0.3, 0.4) is 0 Å². The first-order chi connectivity index (χ1) is 39.1. The quantitative estimate of drug-likeness (QED) is 0.0321. The van der Waals surface area contributed by atoms with Crippen molar-refractivity contribution in [2.75, 3.05) is 13.2 Å². The summed E-state index contributed by atoms with van der Waals surface area (Å²) in [5.74, 6) is 0. The van der Waals surface area contributed by atoms with Gasteiger partial charge in [0.2, 0.25) is 0 Å². The van der Waals surface area contributed by atoms with Crippen molar-refractivity contribution >= 4 is 85.1 Å². The zero-order valence-electron chi connectivity index (χ0n) is 55.7. The lowest BCUT2D eigenvalue weighted by Gasteiger charge is -2.41. The Morgan fingerprint density at radius 1 is 0.259 bits per heavy atom. The van der Waals surface area contributed by atoms with Crippen molar-refractivity contribution < 1.29 is 41.8 Å². The van der Waals surface area contributed by atoms with Crippen LogP contribution in [-0.2, 0) is 47.2 Å². The number of fused-ring (bicyclic) bond motifs is 3. The maximum absolute atomic E-state index is 7.03. The summed E-state index contributed by atoms with van der Waals surface area (Å²) >= 11 is 0. The van der Waals surface area contributed by atoms with E-state index in [-0.39, 0.29) is 5.41 Å². The topological polar surface area (TPSA) is 92.3 Å². The second kappa shape index (κ2) is 26.9. The van der Waals surface area contributed by atoms with E-state index in [1.807, 2.05) is 0 Å². The highest BCUT2D eigenvalue weighted by Crippen LogP contribution is 2.56. The third kappa shape index (κ3) is 20.6. The lowest BCUT2D eigenvalue weighted by molar-refractivity contribution is 0.203. The van der Waals surface area contributed by atoms with Gasteiger partial charge in [0.05, 0.1) is 0 Å².